The summed E-state index contributed by atoms with van der Waals surface area (Å²) in [6.07, 6.45) is -9.56. The van der Waals surface area contributed by atoms with Crippen LogP contribution in [0.3, 0.4) is 0 Å². The highest BCUT2D eigenvalue weighted by Crippen LogP contribution is 2.39. The first-order chi connectivity index (χ1) is 21.2. The number of cyclic esters (lactones) is 1. The Morgan fingerprint density at radius 2 is 1.24 bits per heavy atom. The van der Waals surface area contributed by atoms with Crippen LogP contribution in [0.5, 0.6) is 0 Å². The molecular weight excluding hydrogens is 596 g/mol. The maximum absolute atomic E-state index is 14.3. The van der Waals surface area contributed by atoms with E-state index < -0.39 is 47.4 Å². The Labute approximate surface area is 256 Å². The van der Waals surface area contributed by atoms with Crippen LogP contribution >= 0.6 is 0 Å². The molecule has 4 aromatic carbocycles. The van der Waals surface area contributed by atoms with E-state index >= 15 is 0 Å². The second-order valence-corrected chi connectivity index (χ2v) is 11.4. The Kier molecular flexibility index (Phi) is 8.78. The molecule has 0 saturated carbocycles. The van der Waals surface area contributed by atoms with Gasteiger partial charge in [0.05, 0.1) is 17.0 Å². The van der Waals surface area contributed by atoms with Crippen LogP contribution in [-0.2, 0) is 21.9 Å². The molecule has 45 heavy (non-hydrogen) atoms. The summed E-state index contributed by atoms with van der Waals surface area (Å²) in [5.41, 5.74) is 1.25. The minimum Gasteiger partial charge on any atom is -0.446 e. The van der Waals surface area contributed by atoms with Crippen molar-refractivity contribution in [3.05, 3.63) is 119 Å². The van der Waals surface area contributed by atoms with Gasteiger partial charge in [-0.2, -0.15) is 26.3 Å². The van der Waals surface area contributed by atoms with Crippen molar-refractivity contribution in [2.24, 2.45) is 5.92 Å². The lowest BCUT2D eigenvalue weighted by molar-refractivity contribution is -0.138. The molecule has 1 heterocycles. The summed E-state index contributed by atoms with van der Waals surface area (Å²) in [6.45, 7) is 3.80. The van der Waals surface area contributed by atoms with Crippen molar-refractivity contribution in [2.75, 3.05) is 6.61 Å². The molecule has 0 spiro atoms. The predicted octanol–water partition coefficient (Wildman–Crippen LogP) is 9.91. The van der Waals surface area contributed by atoms with Gasteiger partial charge in [-0.05, 0) is 76.1 Å². The van der Waals surface area contributed by atoms with Crippen LogP contribution in [0.2, 0.25) is 0 Å². The van der Waals surface area contributed by atoms with Gasteiger partial charge in [-0.25, -0.2) is 9.69 Å². The second kappa shape index (κ2) is 12.4. The minimum atomic E-state index is -4.54. The number of ether oxygens (including phenoxy) is 1. The number of alkyl halides is 6. The Morgan fingerprint density at radius 3 is 1.69 bits per heavy atom. The molecule has 4 aromatic rings. The SMILES string of the molecule is CC(C)C[C@@H](C(=O)N1C(=O)OCC1c1ccccc1)c1cc(-c2ccc(C(F)(F)F)cc2)cc(-c2ccc(C(F)(F)F)cc2)c1. The molecule has 4 nitrogen and oxygen atoms in total. The Bertz CT molecular complexity index is 1590. The number of halogens is 6. The standard InChI is InChI=1S/C35H29F6NO3/c1-21(2)16-30(32(43)42-31(20-45-33(42)44)24-6-4-3-5-7-24)27-18-25(22-8-12-28(13-9-22)34(36,37)38)17-26(19-27)23-10-14-29(15-11-23)35(39,40)41/h3-15,17-19,21,30-31H,16,20H2,1-2H3/t30-,31?/m1/s1. The largest absolute Gasteiger partial charge is 0.446 e. The average molecular weight is 626 g/mol. The lowest BCUT2D eigenvalue weighted by atomic mass is 9.85. The number of imide groups is 1. The van der Waals surface area contributed by atoms with Gasteiger partial charge in [0.15, 0.2) is 0 Å². The average Bonchev–Trinajstić information content (AvgIpc) is 3.40. The molecule has 2 amide bonds. The highest BCUT2D eigenvalue weighted by molar-refractivity contribution is 5.97. The van der Waals surface area contributed by atoms with Gasteiger partial charge in [0.25, 0.3) is 0 Å². The third-order valence-electron chi connectivity index (χ3n) is 7.75. The zero-order chi connectivity index (χ0) is 32.5. The topological polar surface area (TPSA) is 46.6 Å². The van der Waals surface area contributed by atoms with Crippen LogP contribution in [0.1, 0.15) is 54.5 Å². The van der Waals surface area contributed by atoms with E-state index in [2.05, 4.69) is 0 Å². The quantitative estimate of drug-likeness (QED) is 0.192. The molecule has 5 rings (SSSR count). The number of hydrogen-bond donors (Lipinski definition) is 0. The molecule has 1 unspecified atom stereocenters. The maximum Gasteiger partial charge on any atom is 0.417 e. The summed E-state index contributed by atoms with van der Waals surface area (Å²) in [5.74, 6) is -1.40. The van der Waals surface area contributed by atoms with E-state index in [9.17, 15) is 35.9 Å². The molecular formula is C35H29F6NO3. The van der Waals surface area contributed by atoms with E-state index in [4.69, 9.17) is 4.74 Å². The fourth-order valence-electron chi connectivity index (χ4n) is 5.49. The second-order valence-electron chi connectivity index (χ2n) is 11.4. The van der Waals surface area contributed by atoms with Crippen molar-refractivity contribution in [2.45, 2.75) is 44.6 Å². The number of amides is 2. The van der Waals surface area contributed by atoms with E-state index in [0.717, 1.165) is 29.2 Å². The van der Waals surface area contributed by atoms with Gasteiger partial charge < -0.3 is 4.74 Å². The molecule has 0 N–H and O–H groups in total. The van der Waals surface area contributed by atoms with E-state index in [0.29, 0.717) is 39.8 Å². The number of carbonyl (C=O) groups is 2. The van der Waals surface area contributed by atoms with Crippen LogP contribution < -0.4 is 0 Å². The first kappa shape index (κ1) is 31.8. The van der Waals surface area contributed by atoms with Gasteiger partial charge in [0.2, 0.25) is 5.91 Å². The molecule has 234 valence electrons. The summed E-state index contributed by atoms with van der Waals surface area (Å²) < 4.78 is 85.0. The summed E-state index contributed by atoms with van der Waals surface area (Å²) in [5, 5.41) is 0. The van der Waals surface area contributed by atoms with Crippen LogP contribution in [0.25, 0.3) is 22.3 Å². The molecule has 2 atom stereocenters. The Morgan fingerprint density at radius 1 is 0.756 bits per heavy atom. The zero-order valence-corrected chi connectivity index (χ0v) is 24.3. The maximum atomic E-state index is 14.3. The van der Waals surface area contributed by atoms with Gasteiger partial charge in [-0.3, -0.25) is 4.79 Å². The summed E-state index contributed by atoms with van der Waals surface area (Å²) in [4.78, 5) is 28.3. The highest BCUT2D eigenvalue weighted by atomic mass is 19.4. The van der Waals surface area contributed by atoms with Crippen LogP contribution in [0.4, 0.5) is 31.1 Å². The smallest absolute Gasteiger partial charge is 0.417 e. The van der Waals surface area contributed by atoms with E-state index in [1.807, 2.05) is 19.9 Å². The summed E-state index contributed by atoms with van der Waals surface area (Å²) in [7, 11) is 0. The van der Waals surface area contributed by atoms with Gasteiger partial charge in [0.1, 0.15) is 12.6 Å². The van der Waals surface area contributed by atoms with Crippen LogP contribution in [0, 0.1) is 5.92 Å². The molecule has 0 aliphatic carbocycles. The fraction of sp³-hybridized carbons (Fsp3) is 0.257. The Hall–Kier alpha value is -4.60. The summed E-state index contributed by atoms with van der Waals surface area (Å²) in [6, 6.07) is 22.3. The monoisotopic (exact) mass is 625 g/mol. The molecule has 10 heteroatoms. The lowest BCUT2D eigenvalue weighted by Gasteiger charge is -2.27. The van der Waals surface area contributed by atoms with E-state index in [1.165, 1.54) is 24.3 Å². The Balaban J connectivity index is 1.63. The van der Waals surface area contributed by atoms with Gasteiger partial charge in [-0.1, -0.05) is 80.6 Å². The molecule has 1 saturated heterocycles. The number of benzene rings is 4. The van der Waals surface area contributed by atoms with Crippen LogP contribution in [-0.4, -0.2) is 23.5 Å². The minimum absolute atomic E-state index is 0.0167. The van der Waals surface area contributed by atoms with Crippen molar-refractivity contribution < 1.29 is 40.7 Å². The fourth-order valence-corrected chi connectivity index (χ4v) is 5.49. The normalized spacial score (nSPS) is 16.2. The lowest BCUT2D eigenvalue weighted by Crippen LogP contribution is -2.38. The molecule has 0 radical (unpaired) electrons. The third kappa shape index (κ3) is 7.05. The first-order valence-corrected chi connectivity index (χ1v) is 14.3. The van der Waals surface area contributed by atoms with Crippen molar-refractivity contribution in [3.63, 3.8) is 0 Å². The van der Waals surface area contributed by atoms with Crippen molar-refractivity contribution in [3.8, 4) is 22.3 Å². The van der Waals surface area contributed by atoms with Gasteiger partial charge in [0, 0.05) is 0 Å². The van der Waals surface area contributed by atoms with Crippen molar-refractivity contribution >= 4 is 12.0 Å². The van der Waals surface area contributed by atoms with Gasteiger partial charge >= 0.3 is 18.4 Å². The zero-order valence-electron chi connectivity index (χ0n) is 24.3. The molecule has 0 aromatic heterocycles. The van der Waals surface area contributed by atoms with Crippen molar-refractivity contribution in [1.29, 1.82) is 0 Å². The number of hydrogen-bond acceptors (Lipinski definition) is 3. The number of nitrogens with zero attached hydrogens (tertiary/aromatic N) is 1. The van der Waals surface area contributed by atoms with E-state index in [1.54, 1.807) is 42.5 Å². The first-order valence-electron chi connectivity index (χ1n) is 14.3. The van der Waals surface area contributed by atoms with E-state index in [-0.39, 0.29) is 12.5 Å². The van der Waals surface area contributed by atoms with Crippen LogP contribution in [0.15, 0.2) is 97.1 Å². The molecule has 1 fully saturated rings. The summed E-state index contributed by atoms with van der Waals surface area (Å²) >= 11 is 0. The number of carbonyl (C=O) groups excluding carboxylic acids is 2. The predicted molar refractivity (Wildman–Crippen MR) is 157 cm³/mol. The molecule has 1 aliphatic rings. The number of rotatable bonds is 7. The highest BCUT2D eigenvalue weighted by Gasteiger charge is 2.42. The van der Waals surface area contributed by atoms with Crippen molar-refractivity contribution in [1.82, 2.24) is 4.90 Å². The molecule has 0 bridgehead atoms. The molecule has 1 aliphatic heterocycles. The third-order valence-corrected chi connectivity index (χ3v) is 7.75. The van der Waals surface area contributed by atoms with Gasteiger partial charge in [-0.15, -0.1) is 0 Å².